The van der Waals surface area contributed by atoms with Crippen LogP contribution in [-0.4, -0.2) is 79.0 Å². The van der Waals surface area contributed by atoms with Crippen LogP contribution in [0.25, 0.3) is 0 Å². The molecule has 0 unspecified atom stereocenters. The smallest absolute Gasteiger partial charge is 0.338 e. The first kappa shape index (κ1) is 25.4. The summed E-state index contributed by atoms with van der Waals surface area (Å²) >= 11 is 0. The molecule has 9 heteroatoms. The van der Waals surface area contributed by atoms with E-state index < -0.39 is 17.8 Å². The van der Waals surface area contributed by atoms with E-state index in [-0.39, 0.29) is 24.1 Å². The Morgan fingerprint density at radius 3 is 2.36 bits per heavy atom. The van der Waals surface area contributed by atoms with Crippen LogP contribution in [0.15, 0.2) is 59.8 Å². The maximum Gasteiger partial charge on any atom is 0.338 e. The molecule has 2 aromatic rings. The van der Waals surface area contributed by atoms with Crippen molar-refractivity contribution in [1.29, 1.82) is 0 Å². The first-order valence-electron chi connectivity index (χ1n) is 12.1. The number of nitrogens with zero attached hydrogens (tertiary/aromatic N) is 3. The number of esters is 1. The predicted octanol–water partition coefficient (Wildman–Crippen LogP) is 3.11. The first-order chi connectivity index (χ1) is 17.3. The molecule has 0 saturated carbocycles. The summed E-state index contributed by atoms with van der Waals surface area (Å²) in [6, 6.07) is 12.7. The van der Waals surface area contributed by atoms with Crippen molar-refractivity contribution in [2.45, 2.75) is 19.9 Å². The van der Waals surface area contributed by atoms with Gasteiger partial charge < -0.3 is 15.0 Å². The van der Waals surface area contributed by atoms with Crippen LogP contribution >= 0.6 is 0 Å². The van der Waals surface area contributed by atoms with Crippen LogP contribution in [0.5, 0.6) is 0 Å². The van der Waals surface area contributed by atoms with Gasteiger partial charge in [-0.3, -0.25) is 14.6 Å². The van der Waals surface area contributed by atoms with Gasteiger partial charge in [0.05, 0.1) is 23.8 Å². The van der Waals surface area contributed by atoms with Crippen LogP contribution in [0.2, 0.25) is 0 Å². The molecule has 0 spiro atoms. The third-order valence-corrected chi connectivity index (χ3v) is 6.62. The summed E-state index contributed by atoms with van der Waals surface area (Å²) in [5.41, 5.74) is 2.89. The Morgan fingerprint density at radius 2 is 1.72 bits per heavy atom. The number of halogens is 1. The van der Waals surface area contributed by atoms with E-state index in [4.69, 9.17) is 4.74 Å². The van der Waals surface area contributed by atoms with Crippen LogP contribution in [0.4, 0.5) is 9.18 Å². The standard InChI is InChI=1S/C27H31FN4O4/c1-4-36-26(34)23-22(30(3)27(35)29-24(23)19-11-9-18(2)10-12-19)17-31-13-15-32(16-14-31)25(33)20-7-5-6-8-21(20)28/h5-12,24H,4,13-17H2,1-3H3,(H,29,35)/t24-/m1/s1. The van der Waals surface area contributed by atoms with Crippen molar-refractivity contribution in [3.05, 3.63) is 82.3 Å². The van der Waals surface area contributed by atoms with Crippen LogP contribution in [0.1, 0.15) is 34.5 Å². The molecule has 1 N–H and O–H groups in total. The Balaban J connectivity index is 1.57. The quantitative estimate of drug-likeness (QED) is 0.624. The number of carbonyl (C=O) groups excluding carboxylic acids is 3. The number of ether oxygens (including phenoxy) is 1. The Hall–Kier alpha value is -3.72. The largest absolute Gasteiger partial charge is 0.463 e. The maximum atomic E-state index is 14.1. The van der Waals surface area contributed by atoms with Gasteiger partial charge in [-0.2, -0.15) is 0 Å². The maximum absolute atomic E-state index is 14.1. The van der Waals surface area contributed by atoms with E-state index in [0.29, 0.717) is 44.0 Å². The highest BCUT2D eigenvalue weighted by Crippen LogP contribution is 2.31. The molecule has 2 aliphatic heterocycles. The zero-order chi connectivity index (χ0) is 25.8. The van der Waals surface area contributed by atoms with Crippen molar-refractivity contribution >= 4 is 17.9 Å². The zero-order valence-electron chi connectivity index (χ0n) is 20.8. The van der Waals surface area contributed by atoms with E-state index in [1.54, 1.807) is 31.0 Å². The Kier molecular flexibility index (Phi) is 7.69. The highest BCUT2D eigenvalue weighted by atomic mass is 19.1. The van der Waals surface area contributed by atoms with Crippen molar-refractivity contribution in [3.63, 3.8) is 0 Å². The van der Waals surface area contributed by atoms with Gasteiger partial charge in [0, 0.05) is 45.5 Å². The van der Waals surface area contributed by atoms with Gasteiger partial charge in [-0.15, -0.1) is 0 Å². The molecule has 1 saturated heterocycles. The van der Waals surface area contributed by atoms with Crippen LogP contribution in [0, 0.1) is 12.7 Å². The summed E-state index contributed by atoms with van der Waals surface area (Å²) in [5, 5.41) is 2.93. The van der Waals surface area contributed by atoms with Crippen LogP contribution < -0.4 is 5.32 Å². The predicted molar refractivity (Wildman–Crippen MR) is 133 cm³/mol. The average Bonchev–Trinajstić information content (AvgIpc) is 2.87. The summed E-state index contributed by atoms with van der Waals surface area (Å²) in [7, 11) is 1.63. The second-order valence-electron chi connectivity index (χ2n) is 8.98. The third kappa shape index (κ3) is 5.26. The Labute approximate surface area is 210 Å². The normalized spacial score (nSPS) is 18.8. The Morgan fingerprint density at radius 1 is 1.06 bits per heavy atom. The monoisotopic (exact) mass is 494 g/mol. The fourth-order valence-electron chi connectivity index (χ4n) is 4.53. The summed E-state index contributed by atoms with van der Waals surface area (Å²) in [5.74, 6) is -1.35. The van der Waals surface area contributed by atoms with Gasteiger partial charge in [0.15, 0.2) is 0 Å². The number of hydrogen-bond donors (Lipinski definition) is 1. The second kappa shape index (κ2) is 10.9. The summed E-state index contributed by atoms with van der Waals surface area (Å²) < 4.78 is 19.5. The molecule has 8 nitrogen and oxygen atoms in total. The lowest BCUT2D eigenvalue weighted by molar-refractivity contribution is -0.139. The lowest BCUT2D eigenvalue weighted by atomic mass is 9.93. The molecule has 0 bridgehead atoms. The fraction of sp³-hybridized carbons (Fsp3) is 0.370. The molecular weight excluding hydrogens is 463 g/mol. The average molecular weight is 495 g/mol. The summed E-state index contributed by atoms with van der Waals surface area (Å²) in [6.07, 6.45) is 0. The molecule has 2 aliphatic rings. The molecule has 1 fully saturated rings. The molecule has 0 aliphatic carbocycles. The van der Waals surface area contributed by atoms with Crippen molar-refractivity contribution in [3.8, 4) is 0 Å². The third-order valence-electron chi connectivity index (χ3n) is 6.62. The fourth-order valence-corrected chi connectivity index (χ4v) is 4.53. The molecule has 36 heavy (non-hydrogen) atoms. The molecule has 190 valence electrons. The molecule has 0 radical (unpaired) electrons. The second-order valence-corrected chi connectivity index (χ2v) is 8.98. The van der Waals surface area contributed by atoms with Crippen molar-refractivity contribution in [2.24, 2.45) is 0 Å². The molecule has 3 amide bonds. The highest BCUT2D eigenvalue weighted by Gasteiger charge is 2.37. The number of hydrogen-bond acceptors (Lipinski definition) is 5. The van der Waals surface area contributed by atoms with Crippen molar-refractivity contribution < 1.29 is 23.5 Å². The van der Waals surface area contributed by atoms with Crippen molar-refractivity contribution in [2.75, 3.05) is 46.4 Å². The van der Waals surface area contributed by atoms with Crippen molar-refractivity contribution in [1.82, 2.24) is 20.0 Å². The van der Waals surface area contributed by atoms with E-state index in [2.05, 4.69) is 10.2 Å². The molecule has 2 aromatic carbocycles. The summed E-state index contributed by atoms with van der Waals surface area (Å²) in [4.78, 5) is 43.9. The first-order valence-corrected chi connectivity index (χ1v) is 12.1. The topological polar surface area (TPSA) is 82.2 Å². The molecular formula is C27H31FN4O4. The van der Waals surface area contributed by atoms with Gasteiger partial charge in [0.25, 0.3) is 5.91 Å². The number of carbonyl (C=O) groups is 3. The van der Waals surface area contributed by atoms with E-state index >= 15 is 0 Å². The molecule has 0 aromatic heterocycles. The summed E-state index contributed by atoms with van der Waals surface area (Å²) in [6.45, 7) is 6.12. The van der Waals surface area contributed by atoms with Gasteiger partial charge in [0.1, 0.15) is 5.82 Å². The van der Waals surface area contributed by atoms with Gasteiger partial charge in [-0.25, -0.2) is 14.0 Å². The SMILES string of the molecule is CCOC(=O)C1=C(CN2CCN(C(=O)c3ccccc3F)CC2)N(C)C(=O)N[C@@H]1c1ccc(C)cc1. The lowest BCUT2D eigenvalue weighted by Gasteiger charge is -2.39. The van der Waals surface area contributed by atoms with Gasteiger partial charge in [-0.05, 0) is 31.5 Å². The zero-order valence-corrected chi connectivity index (χ0v) is 20.8. The molecule has 4 rings (SSSR count). The van der Waals surface area contributed by atoms with E-state index in [9.17, 15) is 18.8 Å². The van der Waals surface area contributed by atoms with Gasteiger partial charge >= 0.3 is 12.0 Å². The number of benzene rings is 2. The minimum Gasteiger partial charge on any atom is -0.463 e. The number of likely N-dealkylation sites (N-methyl/N-ethyl adjacent to an activating group) is 1. The van der Waals surface area contributed by atoms with Gasteiger partial charge in [-0.1, -0.05) is 42.0 Å². The number of aryl methyl sites for hydroxylation is 1. The highest BCUT2D eigenvalue weighted by molar-refractivity contribution is 5.95. The number of urea groups is 1. The van der Waals surface area contributed by atoms with Crippen LogP contribution in [-0.2, 0) is 9.53 Å². The van der Waals surface area contributed by atoms with E-state index in [0.717, 1.165) is 11.1 Å². The number of rotatable bonds is 6. The number of piperazine rings is 1. The molecule has 2 heterocycles. The number of amides is 3. The van der Waals surface area contributed by atoms with Gasteiger partial charge in [0.2, 0.25) is 0 Å². The van der Waals surface area contributed by atoms with E-state index in [1.165, 1.54) is 17.0 Å². The van der Waals surface area contributed by atoms with E-state index in [1.807, 2.05) is 31.2 Å². The van der Waals surface area contributed by atoms with Crippen LogP contribution in [0.3, 0.4) is 0 Å². The minimum absolute atomic E-state index is 0.0582. The minimum atomic E-state index is -0.632. The lowest BCUT2D eigenvalue weighted by Crippen LogP contribution is -2.53. The Bertz CT molecular complexity index is 1170. The molecule has 1 atom stereocenters. The number of nitrogens with one attached hydrogen (secondary N) is 1.